The zero-order valence-electron chi connectivity index (χ0n) is 88.4. The molecule has 15 atom stereocenters. The Balaban J connectivity index is 0.000000135. The van der Waals surface area contributed by atoms with Gasteiger partial charge < -0.3 is 71.9 Å². The van der Waals surface area contributed by atoms with Crippen LogP contribution >= 0.6 is 0 Å². The minimum atomic E-state index is -3.63. The molecular formula is C102H144F3N13O25S5. The van der Waals surface area contributed by atoms with Crippen molar-refractivity contribution in [1.29, 1.82) is 0 Å². The van der Waals surface area contributed by atoms with E-state index in [1.807, 2.05) is 30.5 Å². The molecule has 25 rings (SSSR count). The van der Waals surface area contributed by atoms with Crippen LogP contribution in [0, 0.1) is 17.5 Å². The molecule has 18 heterocycles. The van der Waals surface area contributed by atoms with Crippen LogP contribution in [0.25, 0.3) is 0 Å². The minimum absolute atomic E-state index is 0.0240. The number of carbonyl (C=O) groups excluding carboxylic acids is 5. The number of ether oxygens (including phenoxy) is 10. The molecule has 818 valence electrons. The van der Waals surface area contributed by atoms with E-state index in [2.05, 4.69) is 38.6 Å². The normalized spacial score (nSPS) is 32.9. The molecule has 2 aromatic carbocycles. The molecule has 0 radical (unpaired) electrons. The Hall–Kier alpha value is -8.62. The van der Waals surface area contributed by atoms with E-state index in [1.54, 1.807) is 56.5 Å². The average Bonchev–Trinajstić information content (AvgIpc) is 1.03. The standard InChI is InChI=1S/C21H28F2N2O5S.C21H29FN2O5S.3C20H29N3O5S/c1-31(27,28)24-18-3-2-8-25-19(18)11-29-15-6-4-13(5-7-15)16-9-14(22)10-17(23)21(16)30-12-20(25)26;1-30(26,27)23-17-5-3-11-24-18(17)12-28-15-9-7-14(8-10-15)21-16(22)4-2-6-19(21)29-13-20(24)25;1-29(25,26)22-17-5-3-11-23-18(17)12-27-15-8-6-14(7-9-15)16-4-2-10-21-20(16)28-13-19(23)24;1-29(25,26)22-17-3-2-10-23-18(17)12-27-15-6-4-14(5-7-15)16-11-21-9-8-19(16)28-13-20(23)24;1-29(25,26)22-17-3-2-10-23-18(17)12-27-15-6-4-14(5-7-15)16-8-9-21-11-19(16)28-13-20(23)24/h9-10,13,15,18-19,24H,2-8,11-12H2,1H3;2,4,6,14-15,17-18,23H,3,5,7-13H2,1H3;2,4,10,14-15,17-18,22H,3,5-9,11-13H2,1H3;2*8-9,11,14-15,17-18,22H,2-7,10,12-13H2,1H3/t13?,15?,18-,19?;4*14?,15?,17-,18?/m00000/s1/i4D,5D,6D,13D;;;;/t4-,5+,6-,13?,15?,18-,19?;4m. The van der Waals surface area contributed by atoms with Gasteiger partial charge in [0.15, 0.2) is 44.6 Å². The van der Waals surface area contributed by atoms with Crippen LogP contribution in [0.4, 0.5) is 13.2 Å². The predicted molar refractivity (Wildman–Crippen MR) is 540 cm³/mol. The maximum atomic E-state index is 14.8. The maximum absolute atomic E-state index is 14.8. The van der Waals surface area contributed by atoms with Crippen LogP contribution in [0.15, 0.2) is 85.6 Å². The van der Waals surface area contributed by atoms with E-state index in [1.165, 1.54) is 11.0 Å². The molecule has 148 heavy (non-hydrogen) atoms. The number of hydrogen-bond donors (Lipinski definition) is 5. The van der Waals surface area contributed by atoms with E-state index in [4.69, 9.17) is 52.9 Å². The molecule has 5 aromatic rings. The summed E-state index contributed by atoms with van der Waals surface area (Å²) in [5.41, 5.74) is 3.38. The van der Waals surface area contributed by atoms with Crippen LogP contribution in [0.2, 0.25) is 0 Å². The fourth-order valence-electron chi connectivity index (χ4n) is 23.7. The summed E-state index contributed by atoms with van der Waals surface area (Å²) in [6.07, 6.45) is 30.4. The number of amides is 5. The van der Waals surface area contributed by atoms with Crippen LogP contribution in [0.3, 0.4) is 0 Å². The van der Waals surface area contributed by atoms with Crippen LogP contribution in [-0.4, -0.2) is 332 Å². The first-order chi connectivity index (χ1) is 72.4. The van der Waals surface area contributed by atoms with Crippen molar-refractivity contribution in [1.82, 2.24) is 63.1 Å². The summed E-state index contributed by atoms with van der Waals surface area (Å²) in [6.45, 7) is 2.44. The molecule has 3 aromatic heterocycles. The molecule has 38 nitrogen and oxygen atoms in total. The Morgan fingerprint density at radius 1 is 0.338 bits per heavy atom. The second kappa shape index (κ2) is 50.5. The number of sulfonamides is 5. The highest BCUT2D eigenvalue weighted by atomic mass is 32.2. The lowest BCUT2D eigenvalue weighted by atomic mass is 9.82. The number of nitrogens with one attached hydrogen (secondary N) is 5. The number of piperidine rings is 5. The molecule has 5 N–H and O–H groups in total. The summed E-state index contributed by atoms with van der Waals surface area (Å²) >= 11 is 0. The van der Waals surface area contributed by atoms with Crippen molar-refractivity contribution in [3.05, 3.63) is 131 Å². The highest BCUT2D eigenvalue weighted by molar-refractivity contribution is 7.89. The van der Waals surface area contributed by atoms with Crippen molar-refractivity contribution >= 4 is 79.7 Å². The summed E-state index contributed by atoms with van der Waals surface area (Å²) in [5, 5.41) is 0. The first kappa shape index (κ1) is 106. The topological polar surface area (TPSA) is 463 Å². The Labute approximate surface area is 872 Å². The molecule has 10 fully saturated rings. The lowest BCUT2D eigenvalue weighted by Crippen LogP contribution is -2.59. The lowest BCUT2D eigenvalue weighted by molar-refractivity contribution is -0.141. The number of nitrogens with zero attached hydrogens (tertiary/aromatic N) is 8. The minimum Gasteiger partial charge on any atom is -0.483 e. The van der Waals surface area contributed by atoms with Crippen molar-refractivity contribution in [2.45, 2.75) is 313 Å². The summed E-state index contributed by atoms with van der Waals surface area (Å²) < 4.78 is 270. The Bertz CT molecular complexity index is 5880. The Kier molecular flexibility index (Phi) is 36.3. The summed E-state index contributed by atoms with van der Waals surface area (Å²) in [5.74, 6) is -3.14. The highest BCUT2D eigenvalue weighted by Crippen LogP contribution is 2.47. The average molecular weight is 2170 g/mol. The number of pyridine rings is 3. The van der Waals surface area contributed by atoms with Crippen molar-refractivity contribution < 1.29 is 132 Å². The molecule has 5 amide bonds. The number of hydrogen-bond acceptors (Lipinski definition) is 28. The van der Waals surface area contributed by atoms with E-state index in [0.717, 1.165) is 182 Å². The van der Waals surface area contributed by atoms with Gasteiger partial charge in [0, 0.05) is 127 Å². The fourth-order valence-corrected chi connectivity index (χ4v) is 27.8. The van der Waals surface area contributed by atoms with Crippen LogP contribution < -0.4 is 47.3 Å². The quantitative estimate of drug-likeness (QED) is 0.0871. The first-order valence-corrected chi connectivity index (χ1v) is 61.2. The molecule has 0 spiro atoms. The number of carbonyl (C=O) groups is 5. The van der Waals surface area contributed by atoms with E-state index in [0.29, 0.717) is 138 Å². The van der Waals surface area contributed by atoms with Gasteiger partial charge in [-0.1, -0.05) is 12.1 Å². The third-order valence-corrected chi connectivity index (χ3v) is 34.4. The number of fused-ring (bicyclic) bond motifs is 25. The Morgan fingerprint density at radius 2 is 0.703 bits per heavy atom. The molecule has 10 bridgehead atoms. The van der Waals surface area contributed by atoms with Crippen molar-refractivity contribution in [2.75, 3.05) is 130 Å². The van der Waals surface area contributed by atoms with Gasteiger partial charge in [-0.05, 0) is 259 Å². The summed E-state index contributed by atoms with van der Waals surface area (Å²) in [6, 6.07) is 9.57. The number of aromatic nitrogens is 3. The molecule has 20 aliphatic rings. The molecule has 15 aliphatic heterocycles. The van der Waals surface area contributed by atoms with E-state index in [9.17, 15) is 79.2 Å². The van der Waals surface area contributed by atoms with Crippen LogP contribution in [0.1, 0.15) is 255 Å². The lowest BCUT2D eigenvalue weighted by Gasteiger charge is -2.41. The van der Waals surface area contributed by atoms with Gasteiger partial charge in [-0.25, -0.2) is 83.9 Å². The van der Waals surface area contributed by atoms with Gasteiger partial charge in [0.25, 0.3) is 29.5 Å². The molecule has 7 unspecified atom stereocenters. The summed E-state index contributed by atoms with van der Waals surface area (Å²) in [4.78, 5) is 86.1. The van der Waals surface area contributed by atoms with E-state index < -0.39 is 141 Å². The monoisotopic (exact) mass is 2170 g/mol. The van der Waals surface area contributed by atoms with Gasteiger partial charge in [-0.3, -0.25) is 33.9 Å². The molecule has 46 heteroatoms. The van der Waals surface area contributed by atoms with E-state index in [-0.39, 0.29) is 149 Å². The molecule has 5 saturated carbocycles. The van der Waals surface area contributed by atoms with Crippen molar-refractivity contribution in [2.24, 2.45) is 0 Å². The maximum Gasteiger partial charge on any atom is 0.260 e. The van der Waals surface area contributed by atoms with Crippen molar-refractivity contribution in [3.63, 3.8) is 0 Å². The zero-order chi connectivity index (χ0) is 108. The van der Waals surface area contributed by atoms with Crippen molar-refractivity contribution in [3.8, 4) is 28.9 Å². The van der Waals surface area contributed by atoms with Gasteiger partial charge in [0.2, 0.25) is 56.0 Å². The zero-order valence-corrected chi connectivity index (χ0v) is 88.5. The van der Waals surface area contributed by atoms with Crippen LogP contribution in [-0.2, 0) is 97.8 Å². The first-order valence-electron chi connectivity index (χ1n) is 54.0. The number of halogens is 3. The molecule has 5 saturated heterocycles. The van der Waals surface area contributed by atoms with Gasteiger partial charge in [-0.15, -0.1) is 0 Å². The predicted octanol–water partition coefficient (Wildman–Crippen LogP) is 8.76. The smallest absolute Gasteiger partial charge is 0.260 e. The fraction of sp³-hybridized carbons (Fsp3) is 0.686. The molecule has 5 aliphatic carbocycles. The highest BCUT2D eigenvalue weighted by Gasteiger charge is 2.46. The second-order valence-electron chi connectivity index (χ2n) is 41.4. The number of benzene rings is 2. The number of rotatable bonds is 10. The largest absolute Gasteiger partial charge is 0.483 e. The van der Waals surface area contributed by atoms with E-state index >= 15 is 0 Å². The SMILES string of the molecule is CS(=O)(=O)N[C@H]1CCCN2C(=O)COc3cccc(F)c3C3CCC(CC3)OCC12.CS(=O)(=O)N[C@H]1CCCN2C(=O)COc3ccncc3C3CCC(CC3)OCC12.CS(=O)(=O)N[C@H]1CCCN2C(=O)COc3cnccc3C3CCC(CC3)OCC12.CS(=O)(=O)N[C@H]1CCCN2C(=O)COc3ncccc3C3CCC(CC3)OCC12.[2H][C@@H]1C2C[C@@H]([2H])C([2H])(c3cc(F)cc(F)c3OCC(=O)N3CCC[C@H](NS(C)(=O)=O)C3CO2)[C@H]1[2H]. The van der Waals surface area contributed by atoms with Gasteiger partial charge in [0.05, 0.1) is 131 Å². The third kappa shape index (κ3) is 30.5. The summed E-state index contributed by atoms with van der Waals surface area (Å²) in [7, 11) is -17.2. The van der Waals surface area contributed by atoms with Gasteiger partial charge >= 0.3 is 0 Å². The van der Waals surface area contributed by atoms with Gasteiger partial charge in [-0.2, -0.15) is 0 Å². The van der Waals surface area contributed by atoms with Gasteiger partial charge in [0.1, 0.15) is 28.9 Å². The second-order valence-corrected chi connectivity index (χ2v) is 50.3. The molecular weight excluding hydrogens is 2020 g/mol. The Morgan fingerprint density at radius 3 is 1.13 bits per heavy atom. The third-order valence-electron chi connectivity index (χ3n) is 30.8. The van der Waals surface area contributed by atoms with Crippen LogP contribution in [0.5, 0.6) is 28.9 Å².